The first-order valence-electron chi connectivity index (χ1n) is 11.1. The first-order chi connectivity index (χ1) is 16.0. The van der Waals surface area contributed by atoms with Gasteiger partial charge >= 0.3 is 12.1 Å². The molecule has 1 aliphatic carbocycles. The summed E-state index contributed by atoms with van der Waals surface area (Å²) in [6, 6.07) is 3.09. The van der Waals surface area contributed by atoms with Crippen molar-refractivity contribution in [2.24, 2.45) is 11.8 Å². The second-order valence-corrected chi connectivity index (χ2v) is 9.00. The Morgan fingerprint density at radius 2 is 1.79 bits per heavy atom. The number of carboxylic acids is 1. The molecule has 34 heavy (non-hydrogen) atoms. The van der Waals surface area contributed by atoms with Crippen molar-refractivity contribution >= 4 is 11.9 Å². The van der Waals surface area contributed by atoms with E-state index in [-0.39, 0.29) is 61.1 Å². The Hall–Kier alpha value is -2.98. The van der Waals surface area contributed by atoms with Gasteiger partial charge in [-0.15, -0.1) is 0 Å². The van der Waals surface area contributed by atoms with Crippen LogP contribution in [0.2, 0.25) is 0 Å². The second kappa shape index (κ2) is 9.34. The van der Waals surface area contributed by atoms with Crippen LogP contribution in [0.4, 0.5) is 22.0 Å². The number of hydrogen-bond donors (Lipinski definition) is 1. The number of carbonyl (C=O) groups excluding carboxylic acids is 1. The molecule has 0 spiro atoms. The lowest BCUT2D eigenvalue weighted by molar-refractivity contribution is -0.143. The number of carboxylic acid groups (broad SMARTS) is 1. The molecule has 6 nitrogen and oxygen atoms in total. The lowest BCUT2D eigenvalue weighted by atomic mass is 9.80. The van der Waals surface area contributed by atoms with Crippen LogP contribution in [0.1, 0.15) is 54.6 Å². The van der Waals surface area contributed by atoms with Crippen LogP contribution in [0.25, 0.3) is 0 Å². The van der Waals surface area contributed by atoms with Gasteiger partial charge in [0.2, 0.25) is 5.91 Å². The molecule has 1 fully saturated rings. The van der Waals surface area contributed by atoms with Crippen molar-refractivity contribution in [3.05, 3.63) is 52.3 Å². The molecule has 2 aromatic rings. The number of aliphatic carboxylic acids is 1. The van der Waals surface area contributed by atoms with Gasteiger partial charge in [-0.05, 0) is 55.7 Å². The van der Waals surface area contributed by atoms with Gasteiger partial charge < -0.3 is 10.0 Å². The maximum absolute atomic E-state index is 13.6. The van der Waals surface area contributed by atoms with Gasteiger partial charge in [-0.3, -0.25) is 14.3 Å². The van der Waals surface area contributed by atoms with Crippen LogP contribution in [0, 0.1) is 23.5 Å². The topological polar surface area (TPSA) is 75.4 Å². The SMILES string of the molecule is O=C(O)C1CCC(CC(=O)N2CCc3c(C(F)(F)F)nn(Cc4ccc(F)c(F)c4)c3C2)CC1. The molecule has 0 saturated heterocycles. The van der Waals surface area contributed by atoms with Crippen molar-refractivity contribution in [1.82, 2.24) is 14.7 Å². The fourth-order valence-corrected chi connectivity index (χ4v) is 4.85. The zero-order chi connectivity index (χ0) is 24.6. The minimum Gasteiger partial charge on any atom is -0.481 e. The molecule has 1 saturated carbocycles. The number of nitrogens with zero attached hydrogens (tertiary/aromatic N) is 3. The monoisotopic (exact) mass is 485 g/mol. The Labute approximate surface area is 192 Å². The lowest BCUT2D eigenvalue weighted by Gasteiger charge is -2.31. The smallest absolute Gasteiger partial charge is 0.435 e. The summed E-state index contributed by atoms with van der Waals surface area (Å²) >= 11 is 0. The standard InChI is InChI=1S/C23H24F5N3O3/c24-17-6-3-14(9-18(17)25)11-31-19-12-30(8-7-16(19)21(29-31)23(26,27)28)20(32)10-13-1-4-15(5-2-13)22(33)34/h3,6,9,13,15H,1-2,4-5,7-8,10-12H2,(H,33,34). The summed E-state index contributed by atoms with van der Waals surface area (Å²) in [5, 5.41) is 12.8. The van der Waals surface area contributed by atoms with Crippen molar-refractivity contribution in [1.29, 1.82) is 0 Å². The predicted octanol–water partition coefficient (Wildman–Crippen LogP) is 4.39. The van der Waals surface area contributed by atoms with E-state index in [4.69, 9.17) is 5.11 Å². The summed E-state index contributed by atoms with van der Waals surface area (Å²) in [5.74, 6) is -3.54. The Bertz CT molecular complexity index is 1090. The quantitative estimate of drug-likeness (QED) is 0.638. The van der Waals surface area contributed by atoms with E-state index in [1.165, 1.54) is 11.0 Å². The molecule has 1 aliphatic heterocycles. The summed E-state index contributed by atoms with van der Waals surface area (Å²) in [4.78, 5) is 25.5. The molecular formula is C23H24F5N3O3. The number of alkyl halides is 3. The van der Waals surface area contributed by atoms with E-state index in [0.29, 0.717) is 25.7 Å². The Morgan fingerprint density at radius 1 is 1.09 bits per heavy atom. The molecule has 1 amide bonds. The summed E-state index contributed by atoms with van der Waals surface area (Å²) in [7, 11) is 0. The molecule has 0 unspecified atom stereocenters. The second-order valence-electron chi connectivity index (χ2n) is 9.00. The van der Waals surface area contributed by atoms with Gasteiger partial charge in [0.15, 0.2) is 17.3 Å². The average molecular weight is 485 g/mol. The largest absolute Gasteiger partial charge is 0.481 e. The molecule has 1 aromatic carbocycles. The number of halogens is 5. The lowest BCUT2D eigenvalue weighted by Crippen LogP contribution is -2.38. The molecule has 0 radical (unpaired) electrons. The Balaban J connectivity index is 1.51. The molecule has 2 aliphatic rings. The summed E-state index contributed by atoms with van der Waals surface area (Å²) in [6.45, 7) is -0.140. The van der Waals surface area contributed by atoms with Crippen molar-refractivity contribution in [3.8, 4) is 0 Å². The molecule has 2 heterocycles. The van der Waals surface area contributed by atoms with Crippen LogP contribution in [0.5, 0.6) is 0 Å². The van der Waals surface area contributed by atoms with Crippen molar-refractivity contribution in [2.45, 2.75) is 57.8 Å². The van der Waals surface area contributed by atoms with Crippen molar-refractivity contribution in [2.75, 3.05) is 6.54 Å². The van der Waals surface area contributed by atoms with Crippen LogP contribution in [0.15, 0.2) is 18.2 Å². The zero-order valence-electron chi connectivity index (χ0n) is 18.2. The van der Waals surface area contributed by atoms with E-state index in [9.17, 15) is 31.5 Å². The van der Waals surface area contributed by atoms with Gasteiger partial charge in [-0.2, -0.15) is 18.3 Å². The van der Waals surface area contributed by atoms with Crippen LogP contribution in [-0.2, 0) is 35.3 Å². The van der Waals surface area contributed by atoms with E-state index < -0.39 is 35.4 Å². The van der Waals surface area contributed by atoms with Crippen molar-refractivity contribution in [3.63, 3.8) is 0 Å². The average Bonchev–Trinajstić information content (AvgIpc) is 3.15. The van der Waals surface area contributed by atoms with Gasteiger partial charge in [0.1, 0.15) is 0 Å². The Morgan fingerprint density at radius 3 is 2.41 bits per heavy atom. The van der Waals surface area contributed by atoms with Crippen LogP contribution < -0.4 is 0 Å². The number of hydrogen-bond acceptors (Lipinski definition) is 3. The van der Waals surface area contributed by atoms with E-state index in [0.717, 1.165) is 16.8 Å². The number of benzene rings is 1. The first-order valence-corrected chi connectivity index (χ1v) is 11.1. The van der Waals surface area contributed by atoms with Crippen LogP contribution >= 0.6 is 0 Å². The zero-order valence-corrected chi connectivity index (χ0v) is 18.2. The minimum atomic E-state index is -4.68. The highest BCUT2D eigenvalue weighted by molar-refractivity contribution is 5.77. The third kappa shape index (κ3) is 5.07. The fraction of sp³-hybridized carbons (Fsp3) is 0.522. The van der Waals surface area contributed by atoms with Gasteiger partial charge in [0.25, 0.3) is 0 Å². The highest BCUT2D eigenvalue weighted by Gasteiger charge is 2.41. The molecule has 11 heteroatoms. The van der Waals surface area contributed by atoms with E-state index in [1.807, 2.05) is 0 Å². The molecule has 1 N–H and O–H groups in total. The Kier molecular flexibility index (Phi) is 6.64. The minimum absolute atomic E-state index is 0.0144. The van der Waals surface area contributed by atoms with Gasteiger partial charge in [-0.1, -0.05) is 6.07 Å². The normalized spacial score (nSPS) is 20.8. The molecule has 184 valence electrons. The first kappa shape index (κ1) is 24.2. The number of carbonyl (C=O) groups is 2. The highest BCUT2D eigenvalue weighted by atomic mass is 19.4. The predicted molar refractivity (Wildman–Crippen MR) is 110 cm³/mol. The summed E-state index contributed by atoms with van der Waals surface area (Å²) in [6.07, 6.45) is -2.23. The summed E-state index contributed by atoms with van der Waals surface area (Å²) in [5.41, 5.74) is -0.534. The molecule has 4 rings (SSSR count). The van der Waals surface area contributed by atoms with E-state index in [2.05, 4.69) is 5.10 Å². The highest BCUT2D eigenvalue weighted by Crippen LogP contribution is 2.36. The van der Waals surface area contributed by atoms with Gasteiger partial charge in [0, 0.05) is 18.5 Å². The third-order valence-corrected chi connectivity index (χ3v) is 6.74. The molecule has 0 bridgehead atoms. The molecular weight excluding hydrogens is 461 g/mol. The maximum atomic E-state index is 13.6. The fourth-order valence-electron chi connectivity index (χ4n) is 4.85. The maximum Gasteiger partial charge on any atom is 0.435 e. The van der Waals surface area contributed by atoms with Gasteiger partial charge in [0.05, 0.1) is 24.7 Å². The van der Waals surface area contributed by atoms with Crippen molar-refractivity contribution < 1.29 is 36.6 Å². The van der Waals surface area contributed by atoms with E-state index in [1.54, 1.807) is 0 Å². The van der Waals surface area contributed by atoms with Gasteiger partial charge in [-0.25, -0.2) is 8.78 Å². The van der Waals surface area contributed by atoms with Crippen LogP contribution in [0.3, 0.4) is 0 Å². The number of fused-ring (bicyclic) bond motifs is 1. The third-order valence-electron chi connectivity index (χ3n) is 6.74. The molecule has 1 aromatic heterocycles. The number of rotatable bonds is 5. The van der Waals surface area contributed by atoms with E-state index >= 15 is 0 Å². The van der Waals surface area contributed by atoms with Crippen LogP contribution in [-0.4, -0.2) is 38.2 Å². The molecule has 0 atom stereocenters. The summed E-state index contributed by atoms with van der Waals surface area (Å²) < 4.78 is 68.7. The number of aromatic nitrogens is 2. The number of amides is 1.